The minimum absolute atomic E-state index is 0.0347. The van der Waals surface area contributed by atoms with Crippen molar-refractivity contribution in [3.63, 3.8) is 0 Å². The Morgan fingerprint density at radius 3 is 2.64 bits per heavy atom. The largest absolute Gasteiger partial charge is 0.280 e. The Balaban J connectivity index is 3.07. The first-order valence-corrected chi connectivity index (χ1v) is 3.47. The van der Waals surface area contributed by atoms with E-state index < -0.39 is 6.43 Å². The first kappa shape index (κ1) is 8.17. The molecule has 0 aromatic carbocycles. The summed E-state index contributed by atoms with van der Waals surface area (Å²) in [5.41, 5.74) is 0.592. The zero-order chi connectivity index (χ0) is 8.43. The number of nitrogens with zero attached hydrogens (tertiary/aromatic N) is 2. The zero-order valence-corrected chi connectivity index (χ0v) is 6.51. The maximum atomic E-state index is 12.2. The molecule has 1 aromatic heterocycles. The molecule has 0 saturated heterocycles. The van der Waals surface area contributed by atoms with Crippen molar-refractivity contribution in [1.82, 2.24) is 9.78 Å². The van der Waals surface area contributed by atoms with Crippen LogP contribution in [0.1, 0.15) is 24.6 Å². The van der Waals surface area contributed by atoms with Crippen LogP contribution in [0.4, 0.5) is 8.78 Å². The Morgan fingerprint density at radius 1 is 1.64 bits per heavy atom. The second-order valence-electron chi connectivity index (χ2n) is 2.33. The molecule has 0 aliphatic carbocycles. The van der Waals surface area contributed by atoms with E-state index in [4.69, 9.17) is 0 Å². The fourth-order valence-electron chi connectivity index (χ4n) is 1.02. The quantitative estimate of drug-likeness (QED) is 0.648. The van der Waals surface area contributed by atoms with Crippen LogP contribution in [0.5, 0.6) is 0 Å². The molecule has 0 aliphatic rings. The molecule has 0 saturated carbocycles. The molecule has 0 spiro atoms. The van der Waals surface area contributed by atoms with E-state index in [1.54, 1.807) is 13.8 Å². The van der Waals surface area contributed by atoms with Gasteiger partial charge in [-0.25, -0.2) is 8.78 Å². The number of rotatable bonds is 2. The summed E-state index contributed by atoms with van der Waals surface area (Å²) in [6.07, 6.45) is -0.956. The van der Waals surface area contributed by atoms with E-state index in [1.807, 2.05) is 0 Å². The van der Waals surface area contributed by atoms with E-state index in [-0.39, 0.29) is 5.69 Å². The Kier molecular flexibility index (Phi) is 2.22. The number of hydrogen-bond donors (Lipinski definition) is 0. The molecular weight excluding hydrogens is 150 g/mol. The van der Waals surface area contributed by atoms with Crippen LogP contribution < -0.4 is 0 Å². The van der Waals surface area contributed by atoms with Crippen molar-refractivity contribution in [2.45, 2.75) is 26.8 Å². The van der Waals surface area contributed by atoms with Crippen molar-refractivity contribution in [2.24, 2.45) is 0 Å². The highest BCUT2D eigenvalue weighted by Gasteiger charge is 2.15. The van der Waals surface area contributed by atoms with E-state index in [1.165, 1.54) is 10.9 Å². The standard InChI is InChI=1S/C7H10F2N2/c1-3-11-6(7(8)9)5(2)4-10-11/h4,7H,3H2,1-2H3. The normalized spacial score (nSPS) is 11.0. The molecule has 0 fully saturated rings. The third-order valence-electron chi connectivity index (χ3n) is 1.58. The van der Waals surface area contributed by atoms with Crippen molar-refractivity contribution in [3.8, 4) is 0 Å². The number of alkyl halides is 2. The first-order chi connectivity index (χ1) is 5.16. The summed E-state index contributed by atoms with van der Waals surface area (Å²) in [7, 11) is 0. The summed E-state index contributed by atoms with van der Waals surface area (Å²) in [5.74, 6) is 0. The van der Waals surface area contributed by atoms with Crippen LogP contribution in [0, 0.1) is 6.92 Å². The molecule has 1 heterocycles. The van der Waals surface area contributed by atoms with Crippen LogP contribution in [0.2, 0.25) is 0 Å². The highest BCUT2D eigenvalue weighted by atomic mass is 19.3. The van der Waals surface area contributed by atoms with Crippen molar-refractivity contribution in [3.05, 3.63) is 17.5 Å². The average molecular weight is 160 g/mol. The average Bonchev–Trinajstić information content (AvgIpc) is 2.30. The third-order valence-corrected chi connectivity index (χ3v) is 1.58. The van der Waals surface area contributed by atoms with Crippen LogP contribution in [0.25, 0.3) is 0 Å². The number of hydrogen-bond acceptors (Lipinski definition) is 1. The lowest BCUT2D eigenvalue weighted by Gasteiger charge is -2.03. The molecular formula is C7H10F2N2. The van der Waals surface area contributed by atoms with Crippen molar-refractivity contribution in [2.75, 3.05) is 0 Å². The topological polar surface area (TPSA) is 17.8 Å². The van der Waals surface area contributed by atoms with Gasteiger partial charge in [-0.2, -0.15) is 5.10 Å². The molecule has 0 radical (unpaired) electrons. The van der Waals surface area contributed by atoms with Gasteiger partial charge in [0.2, 0.25) is 0 Å². The molecule has 1 aromatic rings. The van der Waals surface area contributed by atoms with E-state index in [9.17, 15) is 8.78 Å². The Labute approximate surface area is 63.8 Å². The molecule has 11 heavy (non-hydrogen) atoms. The predicted octanol–water partition coefficient (Wildman–Crippen LogP) is 2.15. The van der Waals surface area contributed by atoms with Gasteiger partial charge in [-0.1, -0.05) is 0 Å². The SMILES string of the molecule is CCn1ncc(C)c1C(F)F. The fraction of sp³-hybridized carbons (Fsp3) is 0.571. The maximum Gasteiger partial charge on any atom is 0.280 e. The summed E-state index contributed by atoms with van der Waals surface area (Å²) < 4.78 is 25.8. The highest BCUT2D eigenvalue weighted by molar-refractivity contribution is 5.16. The van der Waals surface area contributed by atoms with Gasteiger partial charge in [0, 0.05) is 6.54 Å². The maximum absolute atomic E-state index is 12.2. The van der Waals surface area contributed by atoms with Gasteiger partial charge in [0.25, 0.3) is 6.43 Å². The number of aromatic nitrogens is 2. The van der Waals surface area contributed by atoms with Crippen LogP contribution in [0.3, 0.4) is 0 Å². The lowest BCUT2D eigenvalue weighted by atomic mass is 10.3. The van der Waals surface area contributed by atoms with Crippen molar-refractivity contribution in [1.29, 1.82) is 0 Å². The fourth-order valence-corrected chi connectivity index (χ4v) is 1.02. The van der Waals surface area contributed by atoms with Gasteiger partial charge in [0.05, 0.1) is 6.20 Å². The van der Waals surface area contributed by atoms with E-state index in [0.29, 0.717) is 12.1 Å². The van der Waals surface area contributed by atoms with Gasteiger partial charge in [0.15, 0.2) is 0 Å². The molecule has 2 nitrogen and oxygen atoms in total. The Bertz CT molecular complexity index is 243. The smallest absolute Gasteiger partial charge is 0.264 e. The monoisotopic (exact) mass is 160 g/mol. The minimum atomic E-state index is -2.42. The predicted molar refractivity (Wildman–Crippen MR) is 37.6 cm³/mol. The number of halogens is 2. The molecule has 0 bridgehead atoms. The van der Waals surface area contributed by atoms with Crippen LogP contribution in [0.15, 0.2) is 6.20 Å². The van der Waals surface area contributed by atoms with Crippen molar-refractivity contribution < 1.29 is 8.78 Å². The van der Waals surface area contributed by atoms with Gasteiger partial charge in [0.1, 0.15) is 5.69 Å². The van der Waals surface area contributed by atoms with Gasteiger partial charge in [-0.15, -0.1) is 0 Å². The Hall–Kier alpha value is -0.930. The lowest BCUT2D eigenvalue weighted by Crippen LogP contribution is -2.03. The molecule has 0 aliphatic heterocycles. The molecule has 1 rings (SSSR count). The molecule has 62 valence electrons. The van der Waals surface area contributed by atoms with Crippen LogP contribution in [-0.2, 0) is 6.54 Å². The number of aryl methyl sites for hydroxylation is 2. The van der Waals surface area contributed by atoms with E-state index in [2.05, 4.69) is 5.10 Å². The molecule has 0 unspecified atom stereocenters. The molecule has 4 heteroatoms. The second kappa shape index (κ2) is 2.98. The molecule has 0 N–H and O–H groups in total. The minimum Gasteiger partial charge on any atom is -0.264 e. The summed E-state index contributed by atoms with van der Waals surface area (Å²) >= 11 is 0. The van der Waals surface area contributed by atoms with Crippen LogP contribution in [-0.4, -0.2) is 9.78 Å². The highest BCUT2D eigenvalue weighted by Crippen LogP contribution is 2.21. The first-order valence-electron chi connectivity index (χ1n) is 3.47. The second-order valence-corrected chi connectivity index (χ2v) is 2.33. The molecule has 0 amide bonds. The lowest BCUT2D eigenvalue weighted by molar-refractivity contribution is 0.138. The third kappa shape index (κ3) is 1.39. The van der Waals surface area contributed by atoms with Gasteiger partial charge < -0.3 is 0 Å². The summed E-state index contributed by atoms with van der Waals surface area (Å²) in [5, 5.41) is 3.79. The zero-order valence-electron chi connectivity index (χ0n) is 6.51. The Morgan fingerprint density at radius 2 is 2.27 bits per heavy atom. The van der Waals surface area contributed by atoms with Gasteiger partial charge in [-0.3, -0.25) is 4.68 Å². The van der Waals surface area contributed by atoms with Crippen molar-refractivity contribution >= 4 is 0 Å². The summed E-state index contributed by atoms with van der Waals surface area (Å²) in [6, 6.07) is 0. The summed E-state index contributed by atoms with van der Waals surface area (Å²) in [4.78, 5) is 0. The van der Waals surface area contributed by atoms with Crippen LogP contribution >= 0.6 is 0 Å². The van der Waals surface area contributed by atoms with E-state index in [0.717, 1.165) is 0 Å². The van der Waals surface area contributed by atoms with Gasteiger partial charge >= 0.3 is 0 Å². The van der Waals surface area contributed by atoms with Gasteiger partial charge in [-0.05, 0) is 19.4 Å². The van der Waals surface area contributed by atoms with E-state index >= 15 is 0 Å². The molecule has 0 atom stereocenters. The summed E-state index contributed by atoms with van der Waals surface area (Å²) in [6.45, 7) is 3.92.